The second-order valence-corrected chi connectivity index (χ2v) is 6.67. The summed E-state index contributed by atoms with van der Waals surface area (Å²) in [7, 11) is 0. The van der Waals surface area contributed by atoms with Gasteiger partial charge in [0.05, 0.1) is 12.6 Å². The first-order valence-electron chi connectivity index (χ1n) is 7.16. The number of thioether (sulfide) groups is 1. The van der Waals surface area contributed by atoms with E-state index in [1.54, 1.807) is 12.1 Å². The Hall–Kier alpha value is -0.800. The number of rotatable bonds is 6. The van der Waals surface area contributed by atoms with Crippen LogP contribution < -0.4 is 5.32 Å². The minimum atomic E-state index is -0.0723. The molecule has 0 unspecified atom stereocenters. The number of hydrogen-bond donors (Lipinski definition) is 1. The van der Waals surface area contributed by atoms with Gasteiger partial charge in [0.2, 0.25) is 0 Å². The van der Waals surface area contributed by atoms with Crippen molar-refractivity contribution in [3.05, 3.63) is 47.8 Å². The number of benzene rings is 1. The molecule has 1 fully saturated rings. The summed E-state index contributed by atoms with van der Waals surface area (Å²) in [6, 6.07) is 7.90. The Morgan fingerprint density at radius 3 is 3.05 bits per heavy atom. The van der Waals surface area contributed by atoms with Gasteiger partial charge in [-0.05, 0) is 24.0 Å². The maximum atomic E-state index is 13.4. The molecule has 3 rings (SSSR count). The standard InChI is InChI=1S/C16H20FNS/c17-15-7-2-1-4-13(15)11-19-9-8-18-16-10-12-5-3-6-14(12)16/h1-4,6-7,12,14,16,18H,5,8-11H2/p+1/t12-,14+,16-/m1/s1. The number of hydrogen-bond acceptors (Lipinski definition) is 1. The van der Waals surface area contributed by atoms with Crippen LogP contribution in [-0.2, 0) is 5.75 Å². The fourth-order valence-corrected chi connectivity index (χ4v) is 4.10. The third kappa shape index (κ3) is 3.03. The molecule has 0 aliphatic heterocycles. The van der Waals surface area contributed by atoms with E-state index in [1.165, 1.54) is 12.8 Å². The highest BCUT2D eigenvalue weighted by Gasteiger charge is 2.43. The number of nitrogens with two attached hydrogens (primary N) is 1. The smallest absolute Gasteiger partial charge is 0.127 e. The van der Waals surface area contributed by atoms with Crippen molar-refractivity contribution in [3.63, 3.8) is 0 Å². The molecule has 1 aromatic rings. The van der Waals surface area contributed by atoms with Crippen molar-refractivity contribution in [2.24, 2.45) is 11.8 Å². The Balaban J connectivity index is 1.32. The Morgan fingerprint density at radius 1 is 1.32 bits per heavy atom. The molecule has 2 aliphatic carbocycles. The summed E-state index contributed by atoms with van der Waals surface area (Å²) in [4.78, 5) is 0. The van der Waals surface area contributed by atoms with E-state index in [2.05, 4.69) is 17.5 Å². The first-order valence-corrected chi connectivity index (χ1v) is 8.31. The number of quaternary nitrogens is 1. The van der Waals surface area contributed by atoms with Crippen molar-refractivity contribution in [3.8, 4) is 0 Å². The van der Waals surface area contributed by atoms with E-state index in [4.69, 9.17) is 0 Å². The SMILES string of the molecule is Fc1ccccc1CSCC[NH2+][C@@H]1C[C@H]2CC=C[C@@H]21. The number of allylic oxidation sites excluding steroid dienone is 1. The maximum Gasteiger partial charge on any atom is 0.127 e. The molecule has 102 valence electrons. The topological polar surface area (TPSA) is 16.6 Å². The van der Waals surface area contributed by atoms with Gasteiger partial charge in [0, 0.05) is 23.8 Å². The molecule has 2 aliphatic rings. The van der Waals surface area contributed by atoms with Gasteiger partial charge in [-0.3, -0.25) is 0 Å². The first-order chi connectivity index (χ1) is 9.34. The highest BCUT2D eigenvalue weighted by atomic mass is 32.2. The van der Waals surface area contributed by atoms with Crippen LogP contribution >= 0.6 is 11.8 Å². The molecule has 0 bridgehead atoms. The van der Waals surface area contributed by atoms with Crippen LogP contribution in [0.3, 0.4) is 0 Å². The van der Waals surface area contributed by atoms with Crippen molar-refractivity contribution in [2.75, 3.05) is 12.3 Å². The summed E-state index contributed by atoms with van der Waals surface area (Å²) in [5.41, 5.74) is 0.829. The molecule has 3 atom stereocenters. The molecule has 1 saturated carbocycles. The summed E-state index contributed by atoms with van der Waals surface area (Å²) in [6.45, 7) is 1.15. The molecule has 0 aromatic heterocycles. The predicted octanol–water partition coefficient (Wildman–Crippen LogP) is 2.59. The normalized spacial score (nSPS) is 28.2. The third-order valence-corrected chi connectivity index (χ3v) is 5.40. The van der Waals surface area contributed by atoms with E-state index < -0.39 is 0 Å². The molecule has 0 saturated heterocycles. The van der Waals surface area contributed by atoms with E-state index in [-0.39, 0.29) is 5.82 Å². The van der Waals surface area contributed by atoms with E-state index in [0.717, 1.165) is 41.5 Å². The van der Waals surface area contributed by atoms with Crippen molar-refractivity contribution >= 4 is 11.8 Å². The molecule has 1 aromatic carbocycles. The Bertz CT molecular complexity index is 460. The average molecular weight is 278 g/mol. The largest absolute Gasteiger partial charge is 0.343 e. The van der Waals surface area contributed by atoms with Crippen LogP contribution in [0.1, 0.15) is 18.4 Å². The minimum absolute atomic E-state index is 0.0723. The molecule has 2 N–H and O–H groups in total. The van der Waals surface area contributed by atoms with E-state index in [1.807, 2.05) is 23.9 Å². The lowest BCUT2D eigenvalue weighted by molar-refractivity contribution is -0.704. The summed E-state index contributed by atoms with van der Waals surface area (Å²) in [5, 5.41) is 2.49. The molecule has 0 radical (unpaired) electrons. The zero-order valence-corrected chi connectivity index (χ0v) is 11.9. The quantitative estimate of drug-likeness (QED) is 0.625. The molecule has 3 heteroatoms. The van der Waals surface area contributed by atoms with Crippen molar-refractivity contribution in [2.45, 2.75) is 24.6 Å². The summed E-state index contributed by atoms with van der Waals surface area (Å²) < 4.78 is 13.4. The van der Waals surface area contributed by atoms with Crippen LogP contribution in [0.2, 0.25) is 0 Å². The maximum absolute atomic E-state index is 13.4. The molecule has 19 heavy (non-hydrogen) atoms. The summed E-state index contributed by atoms with van der Waals surface area (Å²) in [5.74, 6) is 3.61. The van der Waals surface area contributed by atoms with Gasteiger partial charge in [0.25, 0.3) is 0 Å². The highest BCUT2D eigenvalue weighted by Crippen LogP contribution is 2.40. The van der Waals surface area contributed by atoms with Gasteiger partial charge in [0.1, 0.15) is 5.82 Å². The molecular weight excluding hydrogens is 257 g/mol. The minimum Gasteiger partial charge on any atom is -0.343 e. The fraction of sp³-hybridized carbons (Fsp3) is 0.500. The van der Waals surface area contributed by atoms with Crippen LogP contribution in [0.15, 0.2) is 36.4 Å². The van der Waals surface area contributed by atoms with Gasteiger partial charge < -0.3 is 5.32 Å². The molecule has 0 amide bonds. The zero-order chi connectivity index (χ0) is 13.1. The van der Waals surface area contributed by atoms with Crippen molar-refractivity contribution in [1.82, 2.24) is 0 Å². The van der Waals surface area contributed by atoms with Crippen molar-refractivity contribution < 1.29 is 9.71 Å². The lowest BCUT2D eigenvalue weighted by Crippen LogP contribution is -2.94. The van der Waals surface area contributed by atoms with E-state index >= 15 is 0 Å². The van der Waals surface area contributed by atoms with Gasteiger partial charge in [-0.2, -0.15) is 11.8 Å². The second kappa shape index (κ2) is 6.10. The molecule has 0 spiro atoms. The lowest BCUT2D eigenvalue weighted by Gasteiger charge is -2.37. The van der Waals surface area contributed by atoms with E-state index in [0.29, 0.717) is 0 Å². The van der Waals surface area contributed by atoms with Gasteiger partial charge in [-0.1, -0.05) is 30.4 Å². The molecule has 1 nitrogen and oxygen atoms in total. The van der Waals surface area contributed by atoms with Crippen LogP contribution in [0.4, 0.5) is 4.39 Å². The number of halogens is 1. The predicted molar refractivity (Wildman–Crippen MR) is 78.5 cm³/mol. The molecule has 0 heterocycles. The lowest BCUT2D eigenvalue weighted by atomic mass is 9.71. The third-order valence-electron chi connectivity index (χ3n) is 4.36. The van der Waals surface area contributed by atoms with Gasteiger partial charge in [-0.25, -0.2) is 4.39 Å². The number of fused-ring (bicyclic) bond motifs is 1. The van der Waals surface area contributed by atoms with Crippen molar-refractivity contribution in [1.29, 1.82) is 0 Å². The molecular formula is C16H21FNS+. The van der Waals surface area contributed by atoms with Gasteiger partial charge in [-0.15, -0.1) is 0 Å². The summed E-state index contributed by atoms with van der Waals surface area (Å²) in [6.07, 6.45) is 7.44. The average Bonchev–Trinajstić information content (AvgIpc) is 2.77. The van der Waals surface area contributed by atoms with Crippen LogP contribution in [-0.4, -0.2) is 18.3 Å². The summed E-state index contributed by atoms with van der Waals surface area (Å²) >= 11 is 1.83. The van der Waals surface area contributed by atoms with Crippen LogP contribution in [0, 0.1) is 17.7 Å². The zero-order valence-electron chi connectivity index (χ0n) is 11.1. The Kier molecular flexibility index (Phi) is 4.24. The van der Waals surface area contributed by atoms with Crippen LogP contribution in [0.5, 0.6) is 0 Å². The van der Waals surface area contributed by atoms with Gasteiger partial charge >= 0.3 is 0 Å². The first kappa shape index (κ1) is 13.2. The monoisotopic (exact) mass is 278 g/mol. The highest BCUT2D eigenvalue weighted by molar-refractivity contribution is 7.98. The Morgan fingerprint density at radius 2 is 2.21 bits per heavy atom. The Labute approximate surface area is 118 Å². The fourth-order valence-electron chi connectivity index (χ4n) is 3.20. The van der Waals surface area contributed by atoms with E-state index in [9.17, 15) is 4.39 Å². The second-order valence-electron chi connectivity index (χ2n) is 5.57. The van der Waals surface area contributed by atoms with Crippen LogP contribution in [0.25, 0.3) is 0 Å². The van der Waals surface area contributed by atoms with Gasteiger partial charge in [0.15, 0.2) is 0 Å².